The minimum Gasteiger partial charge on any atom is -0.465 e. The molecule has 0 saturated heterocycles. The summed E-state index contributed by atoms with van der Waals surface area (Å²) in [5, 5.41) is 1.87. The number of rotatable bonds is 3. The fourth-order valence-electron chi connectivity index (χ4n) is 2.64. The lowest BCUT2D eigenvalue weighted by molar-refractivity contribution is 0.0601. The maximum atomic E-state index is 11.7. The van der Waals surface area contributed by atoms with E-state index in [1.54, 1.807) is 6.07 Å². The summed E-state index contributed by atoms with van der Waals surface area (Å²) in [5.74, 6) is -0.321. The van der Waals surface area contributed by atoms with Crippen LogP contribution in [0.15, 0.2) is 48.7 Å². The third kappa shape index (κ3) is 2.72. The molecule has 0 aliphatic rings. The zero-order valence-electron chi connectivity index (χ0n) is 12.5. The van der Waals surface area contributed by atoms with Gasteiger partial charge in [0.05, 0.1) is 12.7 Å². The quantitative estimate of drug-likeness (QED) is 0.669. The van der Waals surface area contributed by atoms with E-state index in [0.717, 1.165) is 28.0 Å². The molecule has 0 fully saturated rings. The van der Waals surface area contributed by atoms with Crippen LogP contribution in [0.3, 0.4) is 0 Å². The van der Waals surface area contributed by atoms with Gasteiger partial charge in [0.1, 0.15) is 0 Å². The molecule has 1 heterocycles. The Morgan fingerprint density at radius 3 is 2.59 bits per heavy atom. The smallest absolute Gasteiger partial charge is 0.337 e. The molecule has 0 saturated carbocycles. The molecule has 0 unspecified atom stereocenters. The topological polar surface area (TPSA) is 31.2 Å². The van der Waals surface area contributed by atoms with Crippen molar-refractivity contribution in [2.24, 2.45) is 0 Å². The second-order valence-corrected chi connectivity index (χ2v) is 5.73. The minimum absolute atomic E-state index is 0.321. The highest BCUT2D eigenvalue weighted by molar-refractivity contribution is 6.30. The number of carbonyl (C=O) groups is 1. The Hall–Kier alpha value is -2.26. The molecule has 3 nitrogen and oxygen atoms in total. The Morgan fingerprint density at radius 2 is 1.91 bits per heavy atom. The Balaban J connectivity index is 2.04. The summed E-state index contributed by atoms with van der Waals surface area (Å²) in [5.41, 5.74) is 3.92. The van der Waals surface area contributed by atoms with Crippen LogP contribution in [0.4, 0.5) is 0 Å². The molecular weight excluding hydrogens is 298 g/mol. The first-order valence-electron chi connectivity index (χ1n) is 7.01. The Bertz CT molecular complexity index is 834. The molecule has 0 spiro atoms. The first-order chi connectivity index (χ1) is 10.6. The van der Waals surface area contributed by atoms with Crippen LogP contribution in [0.25, 0.3) is 10.9 Å². The van der Waals surface area contributed by atoms with Gasteiger partial charge in [-0.1, -0.05) is 29.8 Å². The summed E-state index contributed by atoms with van der Waals surface area (Å²) < 4.78 is 6.94. The van der Waals surface area contributed by atoms with E-state index in [1.165, 1.54) is 12.7 Å². The third-order valence-electron chi connectivity index (χ3n) is 3.77. The van der Waals surface area contributed by atoms with Crippen molar-refractivity contribution in [2.75, 3.05) is 7.11 Å². The summed E-state index contributed by atoms with van der Waals surface area (Å²) in [6.07, 6.45) is 2.10. The number of halogens is 1. The van der Waals surface area contributed by atoms with Crippen LogP contribution < -0.4 is 0 Å². The monoisotopic (exact) mass is 313 g/mol. The first kappa shape index (κ1) is 14.7. The van der Waals surface area contributed by atoms with Crippen LogP contribution in [0.1, 0.15) is 21.5 Å². The fraction of sp³-hybridized carbons (Fsp3) is 0.167. The molecule has 0 aliphatic carbocycles. The number of aromatic nitrogens is 1. The molecule has 0 aliphatic heterocycles. The number of fused-ring (bicyclic) bond motifs is 1. The van der Waals surface area contributed by atoms with Gasteiger partial charge in [-0.2, -0.15) is 0 Å². The van der Waals surface area contributed by atoms with E-state index in [1.807, 2.05) is 36.4 Å². The average molecular weight is 314 g/mol. The van der Waals surface area contributed by atoms with E-state index in [4.69, 9.17) is 16.3 Å². The van der Waals surface area contributed by atoms with Crippen LogP contribution in [-0.2, 0) is 11.3 Å². The van der Waals surface area contributed by atoms with Gasteiger partial charge >= 0.3 is 5.97 Å². The molecule has 3 rings (SSSR count). The van der Waals surface area contributed by atoms with Crippen molar-refractivity contribution in [1.82, 2.24) is 4.57 Å². The number of aryl methyl sites for hydroxylation is 1. The lowest BCUT2D eigenvalue weighted by atomic mass is 10.1. The van der Waals surface area contributed by atoms with Crippen LogP contribution in [0.5, 0.6) is 0 Å². The number of nitrogens with zero attached hydrogens (tertiary/aromatic N) is 1. The van der Waals surface area contributed by atoms with E-state index < -0.39 is 0 Å². The van der Waals surface area contributed by atoms with E-state index in [0.29, 0.717) is 5.56 Å². The van der Waals surface area contributed by atoms with Gasteiger partial charge in [-0.3, -0.25) is 0 Å². The number of benzene rings is 2. The van der Waals surface area contributed by atoms with Gasteiger partial charge in [-0.15, -0.1) is 0 Å². The maximum Gasteiger partial charge on any atom is 0.337 e. The summed E-state index contributed by atoms with van der Waals surface area (Å²) in [7, 11) is 1.39. The molecule has 3 aromatic rings. The Kier molecular flexibility index (Phi) is 3.90. The van der Waals surface area contributed by atoms with Crippen molar-refractivity contribution in [1.29, 1.82) is 0 Å². The average Bonchev–Trinajstić information content (AvgIpc) is 2.84. The molecule has 2 aromatic carbocycles. The Labute approximate surface area is 134 Å². The lowest BCUT2D eigenvalue weighted by Crippen LogP contribution is -2.02. The number of ether oxygens (including phenoxy) is 1. The second-order valence-electron chi connectivity index (χ2n) is 5.29. The zero-order valence-corrected chi connectivity index (χ0v) is 13.2. The van der Waals surface area contributed by atoms with Crippen LogP contribution >= 0.6 is 11.6 Å². The summed E-state index contributed by atoms with van der Waals surface area (Å²) in [6.45, 7) is 2.80. The minimum atomic E-state index is -0.321. The number of esters is 1. The van der Waals surface area contributed by atoms with E-state index in [-0.39, 0.29) is 5.97 Å². The van der Waals surface area contributed by atoms with Gasteiger partial charge < -0.3 is 9.30 Å². The highest BCUT2D eigenvalue weighted by Gasteiger charge is 2.11. The van der Waals surface area contributed by atoms with Gasteiger partial charge in [0, 0.05) is 28.7 Å². The van der Waals surface area contributed by atoms with Gasteiger partial charge in [-0.25, -0.2) is 4.79 Å². The molecule has 0 atom stereocenters. The van der Waals surface area contributed by atoms with Crippen molar-refractivity contribution in [3.8, 4) is 0 Å². The van der Waals surface area contributed by atoms with E-state index in [2.05, 4.69) is 17.7 Å². The molecule has 22 heavy (non-hydrogen) atoms. The van der Waals surface area contributed by atoms with Crippen molar-refractivity contribution >= 4 is 28.5 Å². The van der Waals surface area contributed by atoms with Gasteiger partial charge in [0.25, 0.3) is 0 Å². The SMILES string of the molecule is COC(=O)c1ccc2c(C)cn(Cc3ccc(Cl)cc3)c2c1. The second kappa shape index (κ2) is 5.85. The number of methoxy groups -OCH3 is 1. The predicted molar refractivity (Wildman–Crippen MR) is 88.6 cm³/mol. The van der Waals surface area contributed by atoms with Crippen LogP contribution in [-0.4, -0.2) is 17.6 Å². The highest BCUT2D eigenvalue weighted by atomic mass is 35.5. The molecule has 0 radical (unpaired) electrons. The Morgan fingerprint density at radius 1 is 1.18 bits per heavy atom. The van der Waals surface area contributed by atoms with E-state index >= 15 is 0 Å². The van der Waals surface area contributed by atoms with Crippen molar-refractivity contribution in [2.45, 2.75) is 13.5 Å². The molecule has 4 heteroatoms. The molecule has 1 aromatic heterocycles. The fourth-order valence-corrected chi connectivity index (χ4v) is 2.76. The first-order valence-corrected chi connectivity index (χ1v) is 7.38. The van der Waals surface area contributed by atoms with Crippen molar-refractivity contribution in [3.05, 3.63) is 70.4 Å². The van der Waals surface area contributed by atoms with Gasteiger partial charge in [0.2, 0.25) is 0 Å². The highest BCUT2D eigenvalue weighted by Crippen LogP contribution is 2.24. The normalized spacial score (nSPS) is 10.9. The van der Waals surface area contributed by atoms with Crippen molar-refractivity contribution < 1.29 is 9.53 Å². The van der Waals surface area contributed by atoms with Crippen molar-refractivity contribution in [3.63, 3.8) is 0 Å². The third-order valence-corrected chi connectivity index (χ3v) is 4.02. The summed E-state index contributed by atoms with van der Waals surface area (Å²) in [6, 6.07) is 13.4. The zero-order chi connectivity index (χ0) is 15.7. The number of hydrogen-bond acceptors (Lipinski definition) is 2. The van der Waals surface area contributed by atoms with Gasteiger partial charge in [0.15, 0.2) is 0 Å². The van der Waals surface area contributed by atoms with Crippen LogP contribution in [0, 0.1) is 6.92 Å². The molecular formula is C18H16ClNO2. The maximum absolute atomic E-state index is 11.7. The standard InChI is InChI=1S/C18H16ClNO2/c1-12-10-20(11-13-3-6-15(19)7-4-13)17-9-14(18(21)22-2)5-8-16(12)17/h3-10H,11H2,1-2H3. The molecule has 0 bridgehead atoms. The predicted octanol–water partition coefficient (Wildman–Crippen LogP) is 4.44. The molecule has 0 amide bonds. The number of hydrogen-bond donors (Lipinski definition) is 0. The van der Waals surface area contributed by atoms with E-state index in [9.17, 15) is 4.79 Å². The largest absolute Gasteiger partial charge is 0.465 e. The number of carbonyl (C=O) groups excluding carboxylic acids is 1. The molecule has 0 N–H and O–H groups in total. The van der Waals surface area contributed by atoms with Crippen LogP contribution in [0.2, 0.25) is 5.02 Å². The lowest BCUT2D eigenvalue weighted by Gasteiger charge is -2.07. The summed E-state index contributed by atoms with van der Waals surface area (Å²) in [4.78, 5) is 11.7. The molecule has 112 valence electrons. The summed E-state index contributed by atoms with van der Waals surface area (Å²) >= 11 is 5.93. The van der Waals surface area contributed by atoms with Gasteiger partial charge in [-0.05, 0) is 42.3 Å².